The normalized spacial score (nSPS) is 12.9. The Morgan fingerprint density at radius 3 is 2.23 bits per heavy atom. The Balaban J connectivity index is 2.04. The van der Waals surface area contributed by atoms with Gasteiger partial charge >= 0.3 is 0 Å². The van der Waals surface area contributed by atoms with Crippen molar-refractivity contribution in [3.63, 3.8) is 0 Å². The first-order valence-corrected chi connectivity index (χ1v) is 8.70. The van der Waals surface area contributed by atoms with Crippen molar-refractivity contribution < 1.29 is 19.4 Å². The van der Waals surface area contributed by atoms with E-state index >= 15 is 0 Å². The van der Waals surface area contributed by atoms with E-state index in [1.807, 2.05) is 38.1 Å². The van der Waals surface area contributed by atoms with Gasteiger partial charge in [0.05, 0.1) is 6.61 Å². The number of hydrogen-bond donors (Lipinski definition) is 1. The van der Waals surface area contributed by atoms with Crippen LogP contribution in [-0.2, 0) is 16.0 Å². The lowest BCUT2D eigenvalue weighted by atomic mass is 9.87. The molecule has 5 heteroatoms. The van der Waals surface area contributed by atoms with Gasteiger partial charge in [-0.25, -0.2) is 0 Å². The van der Waals surface area contributed by atoms with Crippen LogP contribution in [0.2, 0.25) is 0 Å². The van der Waals surface area contributed by atoms with Gasteiger partial charge in [-0.2, -0.15) is 0 Å². The Bertz CT molecular complexity index is 738. The molecule has 5 nitrogen and oxygen atoms in total. The monoisotopic (exact) mass is 354 g/mol. The van der Waals surface area contributed by atoms with Gasteiger partial charge < -0.3 is 20.0 Å². The molecule has 0 aliphatic rings. The molecule has 0 spiro atoms. The fourth-order valence-corrected chi connectivity index (χ4v) is 2.68. The zero-order valence-corrected chi connectivity index (χ0v) is 15.3. The Morgan fingerprint density at radius 2 is 1.69 bits per heavy atom. The smallest absolute Gasteiger partial charge is 0.227 e. The maximum atomic E-state index is 12.5. The Labute approximate surface area is 154 Å². The molecule has 0 saturated heterocycles. The quantitative estimate of drug-likeness (QED) is 0.790. The maximum Gasteiger partial charge on any atom is 0.227 e. The molecule has 26 heavy (non-hydrogen) atoms. The van der Waals surface area contributed by atoms with E-state index in [4.69, 9.17) is 4.74 Å². The number of nitrogens with one attached hydrogen (secondary N) is 1. The Morgan fingerprint density at radius 1 is 1.08 bits per heavy atom. The second-order valence-corrected chi connectivity index (χ2v) is 6.35. The molecule has 0 heterocycles. The van der Waals surface area contributed by atoms with Crippen LogP contribution in [0.15, 0.2) is 48.5 Å². The largest absolute Gasteiger partial charge is 0.550 e. The van der Waals surface area contributed by atoms with Crippen molar-refractivity contribution in [3.8, 4) is 5.75 Å². The van der Waals surface area contributed by atoms with E-state index in [-0.39, 0.29) is 12.3 Å². The lowest BCUT2D eigenvalue weighted by Gasteiger charge is -2.24. The lowest BCUT2D eigenvalue weighted by molar-refractivity contribution is -0.312. The van der Waals surface area contributed by atoms with E-state index in [0.29, 0.717) is 18.0 Å². The van der Waals surface area contributed by atoms with Crippen LogP contribution in [0.1, 0.15) is 25.0 Å². The zero-order chi connectivity index (χ0) is 19.1. The second kappa shape index (κ2) is 9.04. The van der Waals surface area contributed by atoms with Crippen LogP contribution >= 0.6 is 0 Å². The minimum Gasteiger partial charge on any atom is -0.550 e. The van der Waals surface area contributed by atoms with Crippen LogP contribution in [-0.4, -0.2) is 18.5 Å². The molecule has 2 rings (SSSR count). The van der Waals surface area contributed by atoms with Crippen molar-refractivity contribution in [1.82, 2.24) is 0 Å². The highest BCUT2D eigenvalue weighted by Gasteiger charge is 2.25. The van der Waals surface area contributed by atoms with Gasteiger partial charge in [0.2, 0.25) is 5.91 Å². The Kier molecular flexibility index (Phi) is 6.78. The summed E-state index contributed by atoms with van der Waals surface area (Å²) in [6.45, 7) is 6.03. The van der Waals surface area contributed by atoms with Crippen LogP contribution in [0.3, 0.4) is 0 Å². The predicted octanol–water partition coefficient (Wildman–Crippen LogP) is 2.58. The molecule has 0 bridgehead atoms. The Hall–Kier alpha value is -2.82. The minimum atomic E-state index is -1.22. The van der Waals surface area contributed by atoms with Gasteiger partial charge in [0.25, 0.3) is 0 Å². The van der Waals surface area contributed by atoms with E-state index in [1.165, 1.54) is 0 Å². The topological polar surface area (TPSA) is 78.5 Å². The summed E-state index contributed by atoms with van der Waals surface area (Å²) in [7, 11) is 0. The summed E-state index contributed by atoms with van der Waals surface area (Å²) in [5.74, 6) is -2.49. The highest BCUT2D eigenvalue weighted by molar-refractivity contribution is 5.94. The number of carboxylic acids is 1. The molecular weight excluding hydrogens is 330 g/mol. The number of carboxylic acid groups (broad SMARTS) is 1. The molecule has 1 amide bonds. The van der Waals surface area contributed by atoms with Crippen molar-refractivity contribution in [3.05, 3.63) is 59.7 Å². The number of aliphatic carboxylic acids is 1. The summed E-state index contributed by atoms with van der Waals surface area (Å²) >= 11 is 0. The minimum absolute atomic E-state index is 0.250. The van der Waals surface area contributed by atoms with Gasteiger partial charge in [-0.15, -0.1) is 0 Å². The molecule has 0 aliphatic heterocycles. The van der Waals surface area contributed by atoms with Crippen molar-refractivity contribution >= 4 is 17.6 Å². The van der Waals surface area contributed by atoms with Gasteiger partial charge in [0, 0.05) is 23.5 Å². The third-order valence-electron chi connectivity index (χ3n) is 4.33. The number of aryl methyl sites for hydroxylation is 1. The van der Waals surface area contributed by atoms with Gasteiger partial charge in [0.15, 0.2) is 0 Å². The number of rotatable bonds is 8. The first kappa shape index (κ1) is 19.5. The highest BCUT2D eigenvalue weighted by atomic mass is 16.5. The summed E-state index contributed by atoms with van der Waals surface area (Å²) in [6.07, 6.45) is 0.250. The first-order valence-electron chi connectivity index (χ1n) is 8.70. The van der Waals surface area contributed by atoms with Gasteiger partial charge in [-0.3, -0.25) is 4.79 Å². The molecule has 0 aliphatic carbocycles. The molecule has 0 saturated carbocycles. The van der Waals surface area contributed by atoms with Gasteiger partial charge in [0.1, 0.15) is 5.75 Å². The van der Waals surface area contributed by atoms with E-state index in [0.717, 1.165) is 11.1 Å². The predicted molar refractivity (Wildman–Crippen MR) is 98.8 cm³/mol. The third kappa shape index (κ3) is 5.34. The molecule has 2 atom stereocenters. The van der Waals surface area contributed by atoms with E-state index < -0.39 is 17.8 Å². The van der Waals surface area contributed by atoms with Crippen LogP contribution in [0, 0.1) is 18.8 Å². The summed E-state index contributed by atoms with van der Waals surface area (Å²) in [6, 6.07) is 14.6. The first-order chi connectivity index (χ1) is 12.4. The van der Waals surface area contributed by atoms with Crippen LogP contribution in [0.4, 0.5) is 5.69 Å². The number of carbonyl (C=O) groups is 2. The van der Waals surface area contributed by atoms with E-state index in [2.05, 4.69) is 5.32 Å². The van der Waals surface area contributed by atoms with Crippen molar-refractivity contribution in [2.24, 2.45) is 11.8 Å². The highest BCUT2D eigenvalue weighted by Crippen LogP contribution is 2.21. The van der Waals surface area contributed by atoms with Gasteiger partial charge in [-0.05, 0) is 50.1 Å². The van der Waals surface area contributed by atoms with Crippen LogP contribution < -0.4 is 15.2 Å². The summed E-state index contributed by atoms with van der Waals surface area (Å²) < 4.78 is 5.36. The van der Waals surface area contributed by atoms with Crippen LogP contribution in [0.5, 0.6) is 5.75 Å². The van der Waals surface area contributed by atoms with E-state index in [1.54, 1.807) is 31.2 Å². The number of anilines is 1. The molecule has 0 radical (unpaired) electrons. The fourth-order valence-electron chi connectivity index (χ4n) is 2.68. The maximum absolute atomic E-state index is 12.5. The molecule has 0 unspecified atom stereocenters. The summed E-state index contributed by atoms with van der Waals surface area (Å²) in [5.41, 5.74) is 2.56. The summed E-state index contributed by atoms with van der Waals surface area (Å²) in [4.78, 5) is 24.1. The second-order valence-electron chi connectivity index (χ2n) is 6.35. The van der Waals surface area contributed by atoms with Crippen molar-refractivity contribution in [1.29, 1.82) is 0 Å². The SMILES string of the molecule is CCOc1ccc(NC(=O)[C@H](C)[C@@H](Cc2ccc(C)cc2)C(=O)[O-])cc1. The number of amides is 1. The fraction of sp³-hybridized carbons (Fsp3) is 0.333. The van der Waals surface area contributed by atoms with Crippen LogP contribution in [0.25, 0.3) is 0 Å². The molecule has 138 valence electrons. The van der Waals surface area contributed by atoms with Crippen molar-refractivity contribution in [2.45, 2.75) is 27.2 Å². The molecule has 2 aromatic rings. The molecular formula is C21H24NO4-. The number of benzene rings is 2. The zero-order valence-electron chi connectivity index (χ0n) is 15.3. The third-order valence-corrected chi connectivity index (χ3v) is 4.33. The van der Waals surface area contributed by atoms with E-state index in [9.17, 15) is 14.7 Å². The summed E-state index contributed by atoms with van der Waals surface area (Å²) in [5, 5.41) is 14.3. The number of carbonyl (C=O) groups excluding carboxylic acids is 2. The van der Waals surface area contributed by atoms with Crippen molar-refractivity contribution in [2.75, 3.05) is 11.9 Å². The van der Waals surface area contributed by atoms with Gasteiger partial charge in [-0.1, -0.05) is 36.8 Å². The molecule has 2 aromatic carbocycles. The average Bonchev–Trinajstić information content (AvgIpc) is 2.62. The lowest BCUT2D eigenvalue weighted by Crippen LogP contribution is -2.40. The standard InChI is InChI=1S/C21H25NO4/c1-4-26-18-11-9-17(10-12-18)22-20(23)15(3)19(21(24)25)13-16-7-5-14(2)6-8-16/h5-12,15,19H,4,13H2,1-3H3,(H,22,23)(H,24,25)/p-1/t15-,19-/m1/s1. The average molecular weight is 354 g/mol. The number of ether oxygens (including phenoxy) is 1. The molecule has 0 aromatic heterocycles. The molecule has 0 fully saturated rings. The number of hydrogen-bond acceptors (Lipinski definition) is 4. The molecule has 1 N–H and O–H groups in total.